The number of aliphatic hydroxyl groups excluding tert-OH is 2. The Hall–Kier alpha value is -1.40. The number of esters is 1. The number of hydrogen-bond acceptors (Lipinski definition) is 5. The molecule has 1 amide bonds. The van der Waals surface area contributed by atoms with Crippen molar-refractivity contribution in [2.75, 3.05) is 13.2 Å². The predicted octanol–water partition coefficient (Wildman–Crippen LogP) is 20.8. The van der Waals surface area contributed by atoms with E-state index in [1.807, 2.05) is 0 Å². The van der Waals surface area contributed by atoms with E-state index in [1.165, 1.54) is 295 Å². The van der Waals surface area contributed by atoms with Gasteiger partial charge in [-0.05, 0) is 51.4 Å². The number of carbonyl (C=O) groups is 2. The van der Waals surface area contributed by atoms with Gasteiger partial charge in [0.1, 0.15) is 0 Å². The van der Waals surface area contributed by atoms with E-state index < -0.39 is 12.1 Å². The van der Waals surface area contributed by atoms with Gasteiger partial charge in [-0.15, -0.1) is 0 Å². The summed E-state index contributed by atoms with van der Waals surface area (Å²) in [6.07, 6.45) is 75.2. The molecule has 0 aromatic carbocycles. The number of nitrogens with one attached hydrogen (secondary N) is 1. The molecule has 0 aliphatic rings. The quantitative estimate of drug-likeness (QED) is 0.0320. The summed E-state index contributed by atoms with van der Waals surface area (Å²) in [5.41, 5.74) is 0. The van der Waals surface area contributed by atoms with Crippen molar-refractivity contribution in [3.8, 4) is 0 Å². The van der Waals surface area contributed by atoms with Crippen LogP contribution in [0.3, 0.4) is 0 Å². The highest BCUT2D eigenvalue weighted by Gasteiger charge is 2.20. The van der Waals surface area contributed by atoms with Crippen LogP contribution in [0.5, 0.6) is 0 Å². The fourth-order valence-electron chi connectivity index (χ4n) is 10.5. The van der Waals surface area contributed by atoms with Gasteiger partial charge in [0.25, 0.3) is 0 Å². The topological polar surface area (TPSA) is 95.9 Å². The summed E-state index contributed by atoms with van der Waals surface area (Å²) < 4.78 is 5.47. The zero-order valence-electron chi connectivity index (χ0n) is 48.9. The zero-order valence-corrected chi connectivity index (χ0v) is 48.9. The molecule has 0 rings (SSSR count). The SMILES string of the molecule is CCCCC/C=C\CCCCCCCC(=O)OCCCCCCCCCCCCCCCCCCCCCCCCCCC(=O)NC(CO)C(O)CCCCCCCCCCCCCCCCCCCCC. The van der Waals surface area contributed by atoms with Crippen molar-refractivity contribution in [2.24, 2.45) is 0 Å². The van der Waals surface area contributed by atoms with Gasteiger partial charge in [0, 0.05) is 12.8 Å². The molecule has 6 heteroatoms. The van der Waals surface area contributed by atoms with Crippen LogP contribution >= 0.6 is 0 Å². The van der Waals surface area contributed by atoms with Gasteiger partial charge >= 0.3 is 5.97 Å². The molecule has 0 spiro atoms. The van der Waals surface area contributed by atoms with Crippen LogP contribution in [0.25, 0.3) is 0 Å². The average molecular weight is 1020 g/mol. The molecule has 0 aliphatic carbocycles. The first-order chi connectivity index (χ1) is 35.5. The minimum absolute atomic E-state index is 0.00618. The number of ether oxygens (including phenoxy) is 1. The normalized spacial score (nSPS) is 12.6. The lowest BCUT2D eigenvalue weighted by atomic mass is 10.0. The van der Waals surface area contributed by atoms with Crippen molar-refractivity contribution in [2.45, 2.75) is 386 Å². The Kier molecular flexibility index (Phi) is 60.9. The molecule has 3 N–H and O–H groups in total. The molecule has 0 fully saturated rings. The number of amides is 1. The maximum atomic E-state index is 12.5. The minimum atomic E-state index is -0.663. The molecular weight excluding hydrogens is 887 g/mol. The van der Waals surface area contributed by atoms with E-state index in [1.54, 1.807) is 0 Å². The van der Waals surface area contributed by atoms with Gasteiger partial charge in [-0.25, -0.2) is 0 Å². The lowest BCUT2D eigenvalue weighted by Gasteiger charge is -2.22. The van der Waals surface area contributed by atoms with Gasteiger partial charge in [-0.2, -0.15) is 0 Å². The first-order valence-electron chi connectivity index (χ1n) is 32.9. The van der Waals surface area contributed by atoms with Gasteiger partial charge in [0.2, 0.25) is 5.91 Å². The van der Waals surface area contributed by atoms with Gasteiger partial charge in [0.15, 0.2) is 0 Å². The Morgan fingerprint density at radius 3 is 1.01 bits per heavy atom. The first-order valence-corrected chi connectivity index (χ1v) is 32.9. The number of rotatable bonds is 62. The molecule has 0 radical (unpaired) electrons. The van der Waals surface area contributed by atoms with Crippen LogP contribution in [0.2, 0.25) is 0 Å². The third-order valence-electron chi connectivity index (χ3n) is 15.6. The third-order valence-corrected chi connectivity index (χ3v) is 15.6. The Morgan fingerprint density at radius 2 is 0.653 bits per heavy atom. The number of allylic oxidation sites excluding steroid dienone is 2. The number of carbonyl (C=O) groups excluding carboxylic acids is 2. The zero-order chi connectivity index (χ0) is 52.2. The van der Waals surface area contributed by atoms with Crippen LogP contribution in [0.15, 0.2) is 12.2 Å². The van der Waals surface area contributed by atoms with Crippen LogP contribution in [-0.4, -0.2) is 47.4 Å². The molecule has 0 heterocycles. The van der Waals surface area contributed by atoms with Crippen molar-refractivity contribution in [3.63, 3.8) is 0 Å². The summed E-state index contributed by atoms with van der Waals surface area (Å²) in [6.45, 7) is 4.96. The monoisotopic (exact) mass is 1020 g/mol. The van der Waals surface area contributed by atoms with Crippen molar-refractivity contribution < 1.29 is 24.5 Å². The largest absolute Gasteiger partial charge is 0.466 e. The smallest absolute Gasteiger partial charge is 0.305 e. The molecule has 2 unspecified atom stereocenters. The van der Waals surface area contributed by atoms with Crippen LogP contribution in [0, 0.1) is 0 Å². The van der Waals surface area contributed by atoms with Gasteiger partial charge < -0.3 is 20.3 Å². The molecule has 72 heavy (non-hydrogen) atoms. The number of hydrogen-bond donors (Lipinski definition) is 3. The van der Waals surface area contributed by atoms with Gasteiger partial charge in [0.05, 0.1) is 25.4 Å². The molecule has 2 atom stereocenters. The Bertz CT molecular complexity index is 1080. The van der Waals surface area contributed by atoms with Crippen molar-refractivity contribution in [1.29, 1.82) is 0 Å². The lowest BCUT2D eigenvalue weighted by Crippen LogP contribution is -2.45. The van der Waals surface area contributed by atoms with Crippen LogP contribution in [-0.2, 0) is 14.3 Å². The van der Waals surface area contributed by atoms with Gasteiger partial charge in [-0.3, -0.25) is 9.59 Å². The highest BCUT2D eigenvalue weighted by Crippen LogP contribution is 2.19. The molecule has 0 aromatic heterocycles. The summed E-state index contributed by atoms with van der Waals surface area (Å²) in [4.78, 5) is 24.5. The highest BCUT2D eigenvalue weighted by atomic mass is 16.5. The molecule has 0 saturated carbocycles. The number of unbranched alkanes of at least 4 members (excludes halogenated alkanes) is 49. The van der Waals surface area contributed by atoms with E-state index in [2.05, 4.69) is 31.3 Å². The second-order valence-corrected chi connectivity index (χ2v) is 22.8. The fraction of sp³-hybridized carbons (Fsp3) is 0.939. The maximum Gasteiger partial charge on any atom is 0.305 e. The molecule has 428 valence electrons. The van der Waals surface area contributed by atoms with E-state index in [-0.39, 0.29) is 18.5 Å². The lowest BCUT2D eigenvalue weighted by molar-refractivity contribution is -0.143. The average Bonchev–Trinajstić information content (AvgIpc) is 3.38. The van der Waals surface area contributed by atoms with Gasteiger partial charge in [-0.1, -0.05) is 321 Å². The van der Waals surface area contributed by atoms with E-state index in [4.69, 9.17) is 4.74 Å². The highest BCUT2D eigenvalue weighted by molar-refractivity contribution is 5.76. The molecule has 0 saturated heterocycles. The minimum Gasteiger partial charge on any atom is -0.466 e. The first kappa shape index (κ1) is 70.6. The molecule has 0 bridgehead atoms. The van der Waals surface area contributed by atoms with Crippen LogP contribution in [0.1, 0.15) is 373 Å². The van der Waals surface area contributed by atoms with Crippen LogP contribution < -0.4 is 5.32 Å². The van der Waals surface area contributed by atoms with E-state index >= 15 is 0 Å². The Morgan fingerprint density at radius 1 is 0.375 bits per heavy atom. The standard InChI is InChI=1S/C66H129NO5/c1-3-5-7-9-11-13-15-17-18-19-26-29-32-35-38-42-46-50-54-58-64(69)63(62-68)67-65(70)59-55-51-47-43-39-36-33-30-27-24-22-20-21-23-25-28-31-34-37-41-45-49-53-57-61-72-66(71)60-56-52-48-44-40-16-14-12-10-8-6-4-2/h12,14,63-64,68-69H,3-11,13,15-62H2,1-2H3,(H,67,70)/b14-12-. The summed E-state index contributed by atoms with van der Waals surface area (Å²) in [7, 11) is 0. The second-order valence-electron chi connectivity index (χ2n) is 22.8. The summed E-state index contributed by atoms with van der Waals surface area (Å²) in [5, 5.41) is 23.4. The summed E-state index contributed by atoms with van der Waals surface area (Å²) in [6, 6.07) is -0.540. The van der Waals surface area contributed by atoms with E-state index in [0.29, 0.717) is 25.9 Å². The summed E-state index contributed by atoms with van der Waals surface area (Å²) >= 11 is 0. The van der Waals surface area contributed by atoms with E-state index in [9.17, 15) is 19.8 Å². The van der Waals surface area contributed by atoms with Crippen molar-refractivity contribution in [1.82, 2.24) is 5.32 Å². The maximum absolute atomic E-state index is 12.5. The Labute approximate surface area is 450 Å². The van der Waals surface area contributed by atoms with Crippen molar-refractivity contribution in [3.05, 3.63) is 12.2 Å². The van der Waals surface area contributed by atoms with Crippen LogP contribution in [0.4, 0.5) is 0 Å². The third kappa shape index (κ3) is 57.9. The van der Waals surface area contributed by atoms with E-state index in [0.717, 1.165) is 44.9 Å². The molecule has 6 nitrogen and oxygen atoms in total. The second kappa shape index (κ2) is 62.1. The number of aliphatic hydroxyl groups is 2. The molecule has 0 aromatic rings. The fourth-order valence-corrected chi connectivity index (χ4v) is 10.5. The predicted molar refractivity (Wildman–Crippen MR) is 315 cm³/mol. The Balaban J connectivity index is 3.37. The molecule has 0 aliphatic heterocycles. The molecular formula is C66H129NO5. The van der Waals surface area contributed by atoms with Crippen molar-refractivity contribution >= 4 is 11.9 Å². The summed E-state index contributed by atoms with van der Waals surface area (Å²) in [5.74, 6) is -0.0236.